The number of nitrogens with zero attached hydrogens (tertiary/aromatic N) is 1. The molecule has 26 heavy (non-hydrogen) atoms. The van der Waals surface area contributed by atoms with Gasteiger partial charge in [-0.1, -0.05) is 53.0 Å². The monoisotopic (exact) mass is 385 g/mol. The van der Waals surface area contributed by atoms with Crippen LogP contribution >= 0.6 is 23.2 Å². The Kier molecular flexibility index (Phi) is 5.76. The lowest BCUT2D eigenvalue weighted by Gasteiger charge is -2.10. The molecular formula is C20H17Cl2N3O. The average molecular weight is 386 g/mol. The SMILES string of the molecule is Cc1ccc(CNc2cncc(C(=O)Nc3ccc(Cl)cc3Cl)c2)cc1. The van der Waals surface area contributed by atoms with Gasteiger partial charge in [-0.3, -0.25) is 9.78 Å². The zero-order valence-corrected chi connectivity index (χ0v) is 15.6. The minimum atomic E-state index is -0.291. The Balaban J connectivity index is 1.67. The fourth-order valence-electron chi connectivity index (χ4n) is 2.36. The van der Waals surface area contributed by atoms with Gasteiger partial charge in [0.05, 0.1) is 22.0 Å². The van der Waals surface area contributed by atoms with Crippen molar-refractivity contribution >= 4 is 40.5 Å². The predicted molar refractivity (Wildman–Crippen MR) is 107 cm³/mol. The fourth-order valence-corrected chi connectivity index (χ4v) is 2.81. The minimum Gasteiger partial charge on any atom is -0.380 e. The predicted octanol–water partition coefficient (Wildman–Crippen LogP) is 5.56. The van der Waals surface area contributed by atoms with Crippen LogP contribution in [-0.4, -0.2) is 10.9 Å². The lowest BCUT2D eigenvalue weighted by Crippen LogP contribution is -2.13. The maximum atomic E-state index is 12.4. The summed E-state index contributed by atoms with van der Waals surface area (Å²) in [4.78, 5) is 16.6. The van der Waals surface area contributed by atoms with E-state index in [9.17, 15) is 4.79 Å². The van der Waals surface area contributed by atoms with Crippen LogP contribution < -0.4 is 10.6 Å². The van der Waals surface area contributed by atoms with Crippen LogP contribution in [0.5, 0.6) is 0 Å². The largest absolute Gasteiger partial charge is 0.380 e. The number of amides is 1. The number of pyridine rings is 1. The maximum absolute atomic E-state index is 12.4. The quantitative estimate of drug-likeness (QED) is 0.604. The number of carbonyl (C=O) groups is 1. The van der Waals surface area contributed by atoms with E-state index in [1.165, 1.54) is 11.8 Å². The zero-order valence-electron chi connectivity index (χ0n) is 14.1. The molecule has 1 aromatic heterocycles. The van der Waals surface area contributed by atoms with Gasteiger partial charge in [0.15, 0.2) is 0 Å². The molecule has 2 N–H and O–H groups in total. The first-order chi connectivity index (χ1) is 12.5. The van der Waals surface area contributed by atoms with Crippen LogP contribution in [0.1, 0.15) is 21.5 Å². The zero-order chi connectivity index (χ0) is 18.5. The summed E-state index contributed by atoms with van der Waals surface area (Å²) in [5, 5.41) is 6.93. The first-order valence-corrected chi connectivity index (χ1v) is 8.78. The maximum Gasteiger partial charge on any atom is 0.257 e. The number of halogens is 2. The molecular weight excluding hydrogens is 369 g/mol. The highest BCUT2D eigenvalue weighted by Crippen LogP contribution is 2.26. The molecule has 6 heteroatoms. The van der Waals surface area contributed by atoms with Crippen LogP contribution in [0.4, 0.5) is 11.4 Å². The van der Waals surface area contributed by atoms with Crippen molar-refractivity contribution in [2.45, 2.75) is 13.5 Å². The van der Waals surface area contributed by atoms with E-state index in [4.69, 9.17) is 23.2 Å². The van der Waals surface area contributed by atoms with E-state index >= 15 is 0 Å². The summed E-state index contributed by atoms with van der Waals surface area (Å²) in [5.41, 5.74) is 4.07. The Morgan fingerprint density at radius 2 is 1.81 bits per heavy atom. The van der Waals surface area contributed by atoms with Gasteiger partial charge in [-0.15, -0.1) is 0 Å². The van der Waals surface area contributed by atoms with Crippen molar-refractivity contribution in [2.24, 2.45) is 0 Å². The van der Waals surface area contributed by atoms with Crippen LogP contribution in [0.15, 0.2) is 60.9 Å². The van der Waals surface area contributed by atoms with Gasteiger partial charge >= 0.3 is 0 Å². The smallest absolute Gasteiger partial charge is 0.257 e. The standard InChI is InChI=1S/C20H17Cl2N3O/c1-13-2-4-14(5-3-13)10-24-17-8-15(11-23-12-17)20(26)25-19-7-6-16(21)9-18(19)22/h2-9,11-12,24H,10H2,1H3,(H,25,26). The average Bonchev–Trinajstić information content (AvgIpc) is 2.64. The molecule has 0 unspecified atom stereocenters. The summed E-state index contributed by atoms with van der Waals surface area (Å²) < 4.78 is 0. The molecule has 4 nitrogen and oxygen atoms in total. The highest BCUT2D eigenvalue weighted by molar-refractivity contribution is 6.36. The third kappa shape index (κ3) is 4.75. The Labute approximate surface area is 162 Å². The van der Waals surface area contributed by atoms with Crippen molar-refractivity contribution in [3.05, 3.63) is 87.7 Å². The Morgan fingerprint density at radius 3 is 2.54 bits per heavy atom. The normalized spacial score (nSPS) is 10.4. The third-order valence-electron chi connectivity index (χ3n) is 3.80. The third-order valence-corrected chi connectivity index (χ3v) is 4.34. The van der Waals surface area contributed by atoms with Gasteiger partial charge in [-0.25, -0.2) is 0 Å². The van der Waals surface area contributed by atoms with Crippen molar-refractivity contribution in [3.63, 3.8) is 0 Å². The summed E-state index contributed by atoms with van der Waals surface area (Å²) in [6.45, 7) is 2.70. The molecule has 0 aliphatic carbocycles. The van der Waals surface area contributed by atoms with E-state index in [2.05, 4.69) is 46.8 Å². The van der Waals surface area contributed by atoms with E-state index < -0.39 is 0 Å². The molecule has 0 saturated carbocycles. The van der Waals surface area contributed by atoms with Gasteiger partial charge in [-0.2, -0.15) is 0 Å². The van der Waals surface area contributed by atoms with E-state index in [1.807, 2.05) is 0 Å². The summed E-state index contributed by atoms with van der Waals surface area (Å²) in [6, 6.07) is 14.9. The summed E-state index contributed by atoms with van der Waals surface area (Å²) in [7, 11) is 0. The molecule has 3 rings (SSSR count). The molecule has 0 aliphatic heterocycles. The number of benzene rings is 2. The number of nitrogens with one attached hydrogen (secondary N) is 2. The topological polar surface area (TPSA) is 54.0 Å². The van der Waals surface area contributed by atoms with Crippen molar-refractivity contribution in [1.82, 2.24) is 4.98 Å². The van der Waals surface area contributed by atoms with E-state index in [0.29, 0.717) is 27.8 Å². The molecule has 1 heterocycles. The van der Waals surface area contributed by atoms with Gasteiger partial charge in [0.1, 0.15) is 0 Å². The first-order valence-electron chi connectivity index (χ1n) is 8.02. The second kappa shape index (κ2) is 8.21. The van der Waals surface area contributed by atoms with Gasteiger partial charge in [0.2, 0.25) is 0 Å². The molecule has 0 fully saturated rings. The molecule has 132 valence electrons. The number of anilines is 2. The highest BCUT2D eigenvalue weighted by Gasteiger charge is 2.10. The molecule has 3 aromatic rings. The van der Waals surface area contributed by atoms with Gasteiger partial charge in [0, 0.05) is 24.0 Å². The van der Waals surface area contributed by atoms with Crippen LogP contribution in [0.2, 0.25) is 10.0 Å². The minimum absolute atomic E-state index is 0.291. The molecule has 0 saturated heterocycles. The molecule has 0 bridgehead atoms. The first kappa shape index (κ1) is 18.2. The Bertz CT molecular complexity index is 927. The van der Waals surface area contributed by atoms with Gasteiger partial charge in [-0.05, 0) is 36.8 Å². The van der Waals surface area contributed by atoms with Crippen molar-refractivity contribution < 1.29 is 4.79 Å². The number of aromatic nitrogens is 1. The number of rotatable bonds is 5. The number of aryl methyl sites for hydroxylation is 1. The summed E-state index contributed by atoms with van der Waals surface area (Å²) in [5.74, 6) is -0.291. The van der Waals surface area contributed by atoms with E-state index in [1.54, 1.807) is 30.5 Å². The van der Waals surface area contributed by atoms with Crippen LogP contribution in [0.25, 0.3) is 0 Å². The molecule has 1 amide bonds. The van der Waals surface area contributed by atoms with Crippen LogP contribution in [0.3, 0.4) is 0 Å². The number of hydrogen-bond donors (Lipinski definition) is 2. The Morgan fingerprint density at radius 1 is 1.04 bits per heavy atom. The van der Waals surface area contributed by atoms with Crippen molar-refractivity contribution in [1.29, 1.82) is 0 Å². The molecule has 2 aromatic carbocycles. The van der Waals surface area contributed by atoms with Crippen molar-refractivity contribution in [2.75, 3.05) is 10.6 Å². The molecule has 0 atom stereocenters. The van der Waals surface area contributed by atoms with Gasteiger partial charge < -0.3 is 10.6 Å². The lowest BCUT2D eigenvalue weighted by molar-refractivity contribution is 0.102. The molecule has 0 radical (unpaired) electrons. The van der Waals surface area contributed by atoms with Crippen LogP contribution in [-0.2, 0) is 6.54 Å². The van der Waals surface area contributed by atoms with E-state index in [-0.39, 0.29) is 5.91 Å². The summed E-state index contributed by atoms with van der Waals surface area (Å²) >= 11 is 12.0. The van der Waals surface area contributed by atoms with Gasteiger partial charge in [0.25, 0.3) is 5.91 Å². The summed E-state index contributed by atoms with van der Waals surface area (Å²) in [6.07, 6.45) is 3.19. The highest BCUT2D eigenvalue weighted by atomic mass is 35.5. The fraction of sp³-hybridized carbons (Fsp3) is 0.100. The number of hydrogen-bond acceptors (Lipinski definition) is 3. The lowest BCUT2D eigenvalue weighted by atomic mass is 10.1. The second-order valence-electron chi connectivity index (χ2n) is 5.88. The van der Waals surface area contributed by atoms with Crippen molar-refractivity contribution in [3.8, 4) is 0 Å². The molecule has 0 spiro atoms. The number of carbonyl (C=O) groups excluding carboxylic acids is 1. The Hall–Kier alpha value is -2.56. The molecule has 0 aliphatic rings. The van der Waals surface area contributed by atoms with E-state index in [0.717, 1.165) is 11.3 Å². The van der Waals surface area contributed by atoms with Crippen LogP contribution in [0, 0.1) is 6.92 Å². The second-order valence-corrected chi connectivity index (χ2v) is 6.72.